The Hall–Kier alpha value is -3.18. The molecule has 0 saturated carbocycles. The summed E-state index contributed by atoms with van der Waals surface area (Å²) >= 11 is 13.6. The van der Waals surface area contributed by atoms with E-state index in [1.165, 1.54) is 29.0 Å². The predicted octanol–water partition coefficient (Wildman–Crippen LogP) is 8.08. The Morgan fingerprint density at radius 1 is 0.781 bits per heavy atom. The van der Waals surface area contributed by atoms with Gasteiger partial charge in [-0.25, -0.2) is 0 Å². The topological polar surface area (TPSA) is 47.3 Å². The maximum absolute atomic E-state index is 12.7. The molecule has 0 spiro atoms. The van der Waals surface area contributed by atoms with Crippen LogP contribution in [0.15, 0.2) is 76.7 Å². The maximum atomic E-state index is 12.7. The Bertz CT molecular complexity index is 1560. The van der Waals surface area contributed by atoms with Gasteiger partial charge in [0.15, 0.2) is 11.6 Å². The third-order valence-electron chi connectivity index (χ3n) is 5.59. The highest BCUT2D eigenvalue weighted by atomic mass is 35.5. The Balaban J connectivity index is 1.36. The Labute approximate surface area is 196 Å². The van der Waals surface area contributed by atoms with Crippen LogP contribution in [0, 0.1) is 0 Å². The third kappa shape index (κ3) is 3.03. The highest BCUT2D eigenvalue weighted by molar-refractivity contribution is 7.22. The van der Waals surface area contributed by atoms with Gasteiger partial charge in [-0.3, -0.25) is 9.59 Å². The van der Waals surface area contributed by atoms with E-state index in [-0.39, 0.29) is 38.3 Å². The molecule has 5 aromatic rings. The maximum Gasteiger partial charge on any atom is 0.197 e. The van der Waals surface area contributed by atoms with Crippen molar-refractivity contribution in [2.24, 2.45) is 0 Å². The summed E-state index contributed by atoms with van der Waals surface area (Å²) in [6, 6.07) is 21.3. The molecule has 0 amide bonds. The van der Waals surface area contributed by atoms with E-state index in [4.69, 9.17) is 27.6 Å². The smallest absolute Gasteiger partial charge is 0.197 e. The zero-order valence-electron chi connectivity index (χ0n) is 16.3. The van der Waals surface area contributed by atoms with Gasteiger partial charge in [0, 0.05) is 28.1 Å². The first-order chi connectivity index (χ1) is 15.5. The number of rotatable bonds is 2. The summed E-state index contributed by atoms with van der Waals surface area (Å²) in [4.78, 5) is 26.6. The largest absolute Gasteiger partial charge is 0.456 e. The minimum atomic E-state index is -0.375. The lowest BCUT2D eigenvalue weighted by molar-refractivity contribution is 0.0990. The normalized spacial score (nSPS) is 13.4. The number of benzene rings is 3. The average Bonchev–Trinajstić information content (AvgIpc) is 3.42. The van der Waals surface area contributed by atoms with Crippen molar-refractivity contribution in [2.75, 3.05) is 0 Å². The van der Waals surface area contributed by atoms with Crippen molar-refractivity contribution in [1.29, 1.82) is 0 Å². The number of hydrogen-bond donors (Lipinski definition) is 0. The lowest BCUT2D eigenvalue weighted by atomic mass is 10.1. The summed E-state index contributed by atoms with van der Waals surface area (Å²) in [6.45, 7) is 0. The van der Waals surface area contributed by atoms with Gasteiger partial charge < -0.3 is 4.42 Å². The van der Waals surface area contributed by atoms with E-state index in [1.807, 2.05) is 24.3 Å². The number of thiophene rings is 1. The minimum absolute atomic E-state index is 0.0505. The average molecular weight is 475 g/mol. The van der Waals surface area contributed by atoms with Crippen molar-refractivity contribution in [3.8, 4) is 10.4 Å². The molecule has 0 saturated heterocycles. The second-order valence-corrected chi connectivity index (χ2v) is 9.48. The van der Waals surface area contributed by atoms with Crippen molar-refractivity contribution >= 4 is 73.2 Å². The van der Waals surface area contributed by atoms with Gasteiger partial charge in [-0.05, 0) is 40.6 Å². The Morgan fingerprint density at radius 3 is 2.16 bits per heavy atom. The summed E-state index contributed by atoms with van der Waals surface area (Å²) < 4.78 is 6.89. The standard InChI is InChI=1S/C26H12Cl2O3S/c27-20-10-17-18(11-21(20)28)26(30)19(25(17)29)8-16-9-24-22(31-16)12-23(32-24)15-6-5-13-3-1-2-4-14(13)7-15/h1-12H. The predicted molar refractivity (Wildman–Crippen MR) is 130 cm³/mol. The van der Waals surface area contributed by atoms with Crippen molar-refractivity contribution in [1.82, 2.24) is 0 Å². The van der Waals surface area contributed by atoms with Crippen LogP contribution < -0.4 is 0 Å². The first-order valence-electron chi connectivity index (χ1n) is 9.80. The van der Waals surface area contributed by atoms with Gasteiger partial charge in [-0.15, -0.1) is 11.3 Å². The number of furan rings is 1. The molecule has 0 radical (unpaired) electrons. The van der Waals surface area contributed by atoms with Crippen LogP contribution in [-0.4, -0.2) is 11.6 Å². The molecule has 1 aliphatic rings. The molecule has 2 heterocycles. The Kier molecular flexibility index (Phi) is 4.37. The van der Waals surface area contributed by atoms with Gasteiger partial charge >= 0.3 is 0 Å². The monoisotopic (exact) mass is 474 g/mol. The second kappa shape index (κ2) is 7.17. The van der Waals surface area contributed by atoms with E-state index in [1.54, 1.807) is 11.3 Å². The Morgan fingerprint density at radius 2 is 1.47 bits per heavy atom. The molecule has 154 valence electrons. The number of hydrogen-bond acceptors (Lipinski definition) is 4. The fraction of sp³-hybridized carbons (Fsp3) is 0. The van der Waals surface area contributed by atoms with Gasteiger partial charge in [-0.2, -0.15) is 0 Å². The molecule has 0 N–H and O–H groups in total. The van der Waals surface area contributed by atoms with Crippen LogP contribution in [0.1, 0.15) is 26.5 Å². The van der Waals surface area contributed by atoms with Crippen molar-refractivity contribution in [2.45, 2.75) is 0 Å². The number of fused-ring (bicyclic) bond motifs is 3. The molecule has 6 rings (SSSR count). The van der Waals surface area contributed by atoms with Gasteiger partial charge in [0.2, 0.25) is 0 Å². The first kappa shape index (κ1) is 19.5. The van der Waals surface area contributed by atoms with Crippen LogP contribution in [0.2, 0.25) is 10.0 Å². The molecule has 6 heteroatoms. The molecule has 0 atom stereocenters. The highest BCUT2D eigenvalue weighted by Gasteiger charge is 2.34. The van der Waals surface area contributed by atoms with Gasteiger partial charge in [0.1, 0.15) is 11.3 Å². The lowest BCUT2D eigenvalue weighted by Gasteiger charge is -2.01. The van der Waals surface area contributed by atoms with Crippen molar-refractivity contribution in [3.05, 3.63) is 99.2 Å². The van der Waals surface area contributed by atoms with E-state index >= 15 is 0 Å². The molecular weight excluding hydrogens is 463 g/mol. The SMILES string of the molecule is O=C1C(=Cc2cc3sc(-c4ccc5ccccc5c4)cc3o2)C(=O)c2cc(Cl)c(Cl)cc21. The van der Waals surface area contributed by atoms with Gasteiger partial charge in [0.05, 0.1) is 20.3 Å². The van der Waals surface area contributed by atoms with E-state index in [0.717, 1.165) is 15.1 Å². The molecule has 0 bridgehead atoms. The summed E-state index contributed by atoms with van der Waals surface area (Å²) in [6.07, 6.45) is 1.49. The lowest BCUT2D eigenvalue weighted by Crippen LogP contribution is -1.99. The van der Waals surface area contributed by atoms with E-state index in [9.17, 15) is 9.59 Å². The summed E-state index contributed by atoms with van der Waals surface area (Å²) in [5.41, 5.74) is 2.41. The van der Waals surface area contributed by atoms with Crippen LogP contribution in [-0.2, 0) is 0 Å². The summed E-state index contributed by atoms with van der Waals surface area (Å²) in [7, 11) is 0. The number of carbonyl (C=O) groups is 2. The van der Waals surface area contributed by atoms with Gasteiger partial charge in [0.25, 0.3) is 0 Å². The number of ketones is 2. The molecule has 0 aliphatic heterocycles. The van der Waals surface area contributed by atoms with Crippen molar-refractivity contribution < 1.29 is 14.0 Å². The van der Waals surface area contributed by atoms with Crippen LogP contribution in [0.4, 0.5) is 0 Å². The van der Waals surface area contributed by atoms with Gasteiger partial charge in [-0.1, -0.05) is 59.6 Å². The summed E-state index contributed by atoms with van der Waals surface area (Å²) in [5.74, 6) is -0.293. The van der Waals surface area contributed by atoms with Crippen molar-refractivity contribution in [3.63, 3.8) is 0 Å². The van der Waals surface area contributed by atoms with E-state index in [0.29, 0.717) is 11.3 Å². The molecule has 2 aromatic heterocycles. The molecule has 0 fully saturated rings. The summed E-state index contributed by atoms with van der Waals surface area (Å²) in [5, 5.41) is 2.86. The van der Waals surface area contributed by atoms with Crippen LogP contribution in [0.25, 0.3) is 37.6 Å². The van der Waals surface area contributed by atoms with E-state index in [2.05, 4.69) is 30.3 Å². The number of halogens is 2. The molecule has 3 aromatic carbocycles. The molecular formula is C26H12Cl2O3S. The number of allylic oxidation sites excluding steroid dienone is 1. The van der Waals surface area contributed by atoms with Crippen LogP contribution in [0.3, 0.4) is 0 Å². The molecule has 0 unspecified atom stereocenters. The molecule has 32 heavy (non-hydrogen) atoms. The number of Topliss-reactive ketones (excluding diaryl/α,β-unsaturated/α-hetero) is 2. The highest BCUT2D eigenvalue weighted by Crippen LogP contribution is 2.38. The third-order valence-corrected chi connectivity index (χ3v) is 7.42. The van der Waals surface area contributed by atoms with Crippen LogP contribution in [0.5, 0.6) is 0 Å². The minimum Gasteiger partial charge on any atom is -0.456 e. The molecule has 1 aliphatic carbocycles. The van der Waals surface area contributed by atoms with Crippen LogP contribution >= 0.6 is 34.5 Å². The first-order valence-corrected chi connectivity index (χ1v) is 11.4. The number of carbonyl (C=O) groups excluding carboxylic acids is 2. The quantitative estimate of drug-likeness (QED) is 0.192. The zero-order chi connectivity index (χ0) is 22.0. The molecule has 3 nitrogen and oxygen atoms in total. The van der Waals surface area contributed by atoms with E-state index < -0.39 is 0 Å². The second-order valence-electron chi connectivity index (χ2n) is 7.58. The zero-order valence-corrected chi connectivity index (χ0v) is 18.6. The fourth-order valence-corrected chi connectivity index (χ4v) is 5.35. The fourth-order valence-electron chi connectivity index (χ4n) is 4.00.